The van der Waals surface area contributed by atoms with Gasteiger partial charge in [-0.1, -0.05) is 13.8 Å². The van der Waals surface area contributed by atoms with E-state index in [1.165, 1.54) is 6.92 Å². The molecule has 0 aromatic carbocycles. The van der Waals surface area contributed by atoms with Crippen LogP contribution in [0.5, 0.6) is 0 Å². The normalized spacial score (nSPS) is 12.4. The monoisotopic (exact) mass is 205 g/mol. The van der Waals surface area contributed by atoms with Crippen LogP contribution in [0.25, 0.3) is 0 Å². The number of alkyl carbamates (subject to hydrolysis) is 1. The molecule has 0 heterocycles. The molecule has 82 valence electrons. The van der Waals surface area contributed by atoms with Crippen LogP contribution in [-0.2, 0) is 9.53 Å². The number of rotatable bonds is 5. The summed E-state index contributed by atoms with van der Waals surface area (Å²) in [5.41, 5.74) is 0. The van der Waals surface area contributed by atoms with Crippen molar-refractivity contribution < 1.29 is 18.7 Å². The van der Waals surface area contributed by atoms with Crippen molar-refractivity contribution in [2.45, 2.75) is 26.8 Å². The Morgan fingerprint density at radius 1 is 1.43 bits per heavy atom. The van der Waals surface area contributed by atoms with Gasteiger partial charge in [0.05, 0.1) is 6.04 Å². The van der Waals surface area contributed by atoms with Gasteiger partial charge in [-0.3, -0.25) is 4.79 Å². The first-order valence-electron chi connectivity index (χ1n) is 4.48. The van der Waals surface area contributed by atoms with Crippen molar-refractivity contribution in [2.24, 2.45) is 5.92 Å². The van der Waals surface area contributed by atoms with Crippen LogP contribution in [0.1, 0.15) is 20.8 Å². The number of halogens is 1. The Kier molecular flexibility index (Phi) is 5.83. The van der Waals surface area contributed by atoms with E-state index in [2.05, 4.69) is 10.1 Å². The van der Waals surface area contributed by atoms with E-state index in [9.17, 15) is 14.0 Å². The lowest BCUT2D eigenvalue weighted by Crippen LogP contribution is -2.43. The minimum absolute atomic E-state index is 0.00886. The van der Waals surface area contributed by atoms with E-state index in [1.807, 2.05) is 13.8 Å². The van der Waals surface area contributed by atoms with Gasteiger partial charge in [0, 0.05) is 0 Å². The molecule has 0 radical (unpaired) electrons. The summed E-state index contributed by atoms with van der Waals surface area (Å²) < 4.78 is 16.1. The number of carbonyl (C=O) groups excluding carboxylic acids is 2. The van der Waals surface area contributed by atoms with Gasteiger partial charge in [0.25, 0.3) is 0 Å². The first kappa shape index (κ1) is 12.9. The maximum atomic E-state index is 11.6. The average molecular weight is 205 g/mol. The Morgan fingerprint density at radius 3 is 2.36 bits per heavy atom. The topological polar surface area (TPSA) is 55.4 Å². The van der Waals surface area contributed by atoms with Crippen molar-refractivity contribution in [3.05, 3.63) is 0 Å². The van der Waals surface area contributed by atoms with Crippen molar-refractivity contribution in [3.8, 4) is 0 Å². The molecule has 5 heteroatoms. The summed E-state index contributed by atoms with van der Waals surface area (Å²) in [6.45, 7) is 4.00. The largest absolute Gasteiger partial charge is 0.447 e. The summed E-state index contributed by atoms with van der Waals surface area (Å²) in [5, 5.41) is 2.37. The Morgan fingerprint density at radius 2 is 2.00 bits per heavy atom. The van der Waals surface area contributed by atoms with Crippen molar-refractivity contribution in [1.82, 2.24) is 5.32 Å². The second-order valence-corrected chi connectivity index (χ2v) is 3.30. The highest BCUT2D eigenvalue weighted by molar-refractivity contribution is 5.85. The predicted octanol–water partition coefficient (Wildman–Crippen LogP) is 1.30. The van der Waals surface area contributed by atoms with Gasteiger partial charge in [-0.05, 0) is 12.8 Å². The van der Waals surface area contributed by atoms with Gasteiger partial charge in [-0.2, -0.15) is 0 Å². The number of ketones is 1. The summed E-state index contributed by atoms with van der Waals surface area (Å²) in [7, 11) is 0. The van der Waals surface area contributed by atoms with Crippen molar-refractivity contribution in [2.75, 3.05) is 13.3 Å². The molecule has 0 aliphatic heterocycles. The van der Waals surface area contributed by atoms with Gasteiger partial charge in [0.1, 0.15) is 13.3 Å². The van der Waals surface area contributed by atoms with E-state index in [0.717, 1.165) is 0 Å². The molecule has 0 bridgehead atoms. The van der Waals surface area contributed by atoms with Gasteiger partial charge < -0.3 is 10.1 Å². The molecule has 0 aromatic heterocycles. The van der Waals surface area contributed by atoms with Crippen LogP contribution in [0.2, 0.25) is 0 Å². The van der Waals surface area contributed by atoms with E-state index in [0.29, 0.717) is 0 Å². The first-order chi connectivity index (χ1) is 6.49. The lowest BCUT2D eigenvalue weighted by Gasteiger charge is -2.18. The Balaban J connectivity index is 4.04. The molecule has 4 nitrogen and oxygen atoms in total. The molecular weight excluding hydrogens is 189 g/mol. The molecule has 14 heavy (non-hydrogen) atoms. The number of hydrogen-bond acceptors (Lipinski definition) is 3. The number of nitrogens with one attached hydrogen (secondary N) is 1. The summed E-state index contributed by atoms with van der Waals surface area (Å²) in [5.74, 6) is -0.150. The predicted molar refractivity (Wildman–Crippen MR) is 49.8 cm³/mol. The minimum atomic E-state index is -0.753. The Hall–Kier alpha value is -1.13. The molecule has 0 aliphatic carbocycles. The quantitative estimate of drug-likeness (QED) is 0.735. The molecule has 0 spiro atoms. The number of Topliss-reactive ketones (excluding diaryl/α,β-unsaturated/α-hetero) is 1. The third-order valence-electron chi connectivity index (χ3n) is 1.69. The maximum absolute atomic E-state index is 11.6. The van der Waals surface area contributed by atoms with E-state index >= 15 is 0 Å². The van der Waals surface area contributed by atoms with Crippen LogP contribution in [0.3, 0.4) is 0 Å². The average Bonchev–Trinajstić information content (AvgIpc) is 2.09. The fourth-order valence-electron chi connectivity index (χ4n) is 1.04. The van der Waals surface area contributed by atoms with E-state index in [-0.39, 0.29) is 18.3 Å². The van der Waals surface area contributed by atoms with Gasteiger partial charge in [0.15, 0.2) is 5.78 Å². The molecule has 0 saturated carbocycles. The summed E-state index contributed by atoms with van der Waals surface area (Å²) >= 11 is 0. The number of alkyl halides is 1. The number of carbonyl (C=O) groups is 2. The molecule has 0 fully saturated rings. The highest BCUT2D eigenvalue weighted by Gasteiger charge is 2.20. The fourth-order valence-corrected chi connectivity index (χ4v) is 1.04. The standard InChI is InChI=1S/C9H16FNO3/c1-6(2)8(7(3)12)11-9(13)14-5-4-10/h6,8H,4-5H2,1-3H3,(H,11,13)/t8-/m0/s1. The third kappa shape index (κ3) is 4.79. The first-order valence-corrected chi connectivity index (χ1v) is 4.48. The highest BCUT2D eigenvalue weighted by Crippen LogP contribution is 2.02. The smallest absolute Gasteiger partial charge is 0.407 e. The molecule has 0 unspecified atom stereocenters. The summed E-state index contributed by atoms with van der Waals surface area (Å²) in [6.07, 6.45) is -0.753. The molecule has 1 atom stereocenters. The highest BCUT2D eigenvalue weighted by atomic mass is 19.1. The summed E-state index contributed by atoms with van der Waals surface area (Å²) in [6, 6.07) is -0.567. The summed E-state index contributed by atoms with van der Waals surface area (Å²) in [4.78, 5) is 22.0. The van der Waals surface area contributed by atoms with Gasteiger partial charge >= 0.3 is 6.09 Å². The zero-order valence-electron chi connectivity index (χ0n) is 8.67. The van der Waals surface area contributed by atoms with Crippen molar-refractivity contribution in [1.29, 1.82) is 0 Å². The number of amides is 1. The molecule has 0 aromatic rings. The molecule has 0 aliphatic rings. The lowest BCUT2D eigenvalue weighted by molar-refractivity contribution is -0.119. The molecule has 0 saturated heterocycles. The molecule has 1 N–H and O–H groups in total. The van der Waals surface area contributed by atoms with E-state index < -0.39 is 18.8 Å². The zero-order chi connectivity index (χ0) is 11.1. The minimum Gasteiger partial charge on any atom is -0.447 e. The van der Waals surface area contributed by atoms with Gasteiger partial charge in [-0.25, -0.2) is 9.18 Å². The Labute approximate surface area is 82.8 Å². The lowest BCUT2D eigenvalue weighted by atomic mass is 10.0. The van der Waals surface area contributed by atoms with Crippen LogP contribution < -0.4 is 5.32 Å². The van der Waals surface area contributed by atoms with Crippen LogP contribution in [0.15, 0.2) is 0 Å². The molecular formula is C9H16FNO3. The van der Waals surface area contributed by atoms with Crippen molar-refractivity contribution in [3.63, 3.8) is 0 Å². The van der Waals surface area contributed by atoms with Gasteiger partial charge in [-0.15, -0.1) is 0 Å². The third-order valence-corrected chi connectivity index (χ3v) is 1.69. The van der Waals surface area contributed by atoms with E-state index in [4.69, 9.17) is 0 Å². The number of ether oxygens (including phenoxy) is 1. The van der Waals surface area contributed by atoms with Crippen LogP contribution >= 0.6 is 0 Å². The molecule has 1 amide bonds. The SMILES string of the molecule is CC(=O)[C@@H](NC(=O)OCCF)C(C)C. The zero-order valence-corrected chi connectivity index (χ0v) is 8.67. The van der Waals surface area contributed by atoms with Crippen LogP contribution in [0.4, 0.5) is 9.18 Å². The van der Waals surface area contributed by atoms with Gasteiger partial charge in [0.2, 0.25) is 0 Å². The van der Waals surface area contributed by atoms with E-state index in [1.54, 1.807) is 0 Å². The van der Waals surface area contributed by atoms with Crippen LogP contribution in [0, 0.1) is 5.92 Å². The van der Waals surface area contributed by atoms with Crippen molar-refractivity contribution >= 4 is 11.9 Å². The fraction of sp³-hybridized carbons (Fsp3) is 0.778. The van der Waals surface area contributed by atoms with Crippen LogP contribution in [-0.4, -0.2) is 31.2 Å². The number of hydrogen-bond donors (Lipinski definition) is 1. The maximum Gasteiger partial charge on any atom is 0.407 e. The second-order valence-electron chi connectivity index (χ2n) is 3.30. The Bertz CT molecular complexity index is 206. The second kappa shape index (κ2) is 6.34. The molecule has 0 rings (SSSR count).